The molecule has 274 valence electrons. The molecule has 0 fully saturated rings. The van der Waals surface area contributed by atoms with Gasteiger partial charge in [-0.1, -0.05) is 153 Å². The number of hydrogen-bond donors (Lipinski definition) is 0. The smallest absolute Gasteiger partial charge is 0.160 e. The number of rotatable bonds is 6. The maximum absolute atomic E-state index is 5.30. The fraction of sp³-hybridized carbons (Fsp3) is 0.0545. The van der Waals surface area contributed by atoms with E-state index in [1.165, 1.54) is 59.1 Å². The molecule has 0 saturated carbocycles. The first-order valence-corrected chi connectivity index (χ1v) is 20.7. The molecule has 0 aliphatic heterocycles. The molecular weight excluding hydrogens is 721 g/mol. The highest BCUT2D eigenvalue weighted by Gasteiger charge is 2.35. The minimum absolute atomic E-state index is 0.0276. The zero-order chi connectivity index (χ0) is 38.8. The number of aromatic nitrogens is 2. The van der Waals surface area contributed by atoms with Crippen LogP contribution >= 0.6 is 11.3 Å². The van der Waals surface area contributed by atoms with E-state index in [4.69, 9.17) is 9.97 Å². The first-order valence-electron chi connectivity index (χ1n) is 19.9. The quantitative estimate of drug-likeness (QED) is 0.169. The topological polar surface area (TPSA) is 25.8 Å². The van der Waals surface area contributed by atoms with Crippen LogP contribution in [0.4, 0.5) is 0 Å². The average molecular weight is 759 g/mol. The second-order valence-electron chi connectivity index (χ2n) is 15.8. The molecule has 0 bridgehead atoms. The van der Waals surface area contributed by atoms with Crippen molar-refractivity contribution < 1.29 is 0 Å². The van der Waals surface area contributed by atoms with Crippen LogP contribution in [0.5, 0.6) is 0 Å². The van der Waals surface area contributed by atoms with Crippen LogP contribution in [0.15, 0.2) is 194 Å². The van der Waals surface area contributed by atoms with E-state index in [1.54, 1.807) is 0 Å². The van der Waals surface area contributed by atoms with Gasteiger partial charge >= 0.3 is 0 Å². The Balaban J connectivity index is 1.07. The number of fused-ring (bicyclic) bond motifs is 6. The van der Waals surface area contributed by atoms with Gasteiger partial charge in [0, 0.05) is 42.3 Å². The summed E-state index contributed by atoms with van der Waals surface area (Å²) in [5.41, 5.74) is 17.2. The maximum atomic E-state index is 5.30. The molecule has 2 aromatic heterocycles. The van der Waals surface area contributed by atoms with Crippen LogP contribution in [0.1, 0.15) is 25.0 Å². The summed E-state index contributed by atoms with van der Waals surface area (Å²) in [7, 11) is 0. The lowest BCUT2D eigenvalue weighted by Crippen LogP contribution is -2.14. The molecule has 1 aliphatic rings. The predicted molar refractivity (Wildman–Crippen MR) is 245 cm³/mol. The normalized spacial score (nSPS) is 12.8. The molecule has 2 heterocycles. The molecule has 8 aromatic carbocycles. The van der Waals surface area contributed by atoms with E-state index in [9.17, 15) is 0 Å². The molecule has 10 aromatic rings. The molecule has 0 N–H and O–H groups in total. The van der Waals surface area contributed by atoms with E-state index >= 15 is 0 Å². The number of thiophene rings is 1. The molecule has 58 heavy (non-hydrogen) atoms. The third-order valence-electron chi connectivity index (χ3n) is 11.9. The number of hydrogen-bond acceptors (Lipinski definition) is 3. The monoisotopic (exact) mass is 758 g/mol. The van der Waals surface area contributed by atoms with Gasteiger partial charge in [0.05, 0.1) is 11.4 Å². The molecule has 2 nitrogen and oxygen atoms in total. The van der Waals surface area contributed by atoms with Crippen molar-refractivity contribution in [1.29, 1.82) is 0 Å². The fourth-order valence-electron chi connectivity index (χ4n) is 8.86. The lowest BCUT2D eigenvalue weighted by molar-refractivity contribution is 0.660. The lowest BCUT2D eigenvalue weighted by Gasteiger charge is -2.21. The Hall–Kier alpha value is -6.94. The zero-order valence-corrected chi connectivity index (χ0v) is 33.1. The maximum Gasteiger partial charge on any atom is 0.160 e. The Morgan fingerprint density at radius 1 is 0.345 bits per heavy atom. The van der Waals surface area contributed by atoms with Gasteiger partial charge in [0.2, 0.25) is 0 Å². The average Bonchev–Trinajstić information content (AvgIpc) is 3.77. The van der Waals surface area contributed by atoms with Crippen LogP contribution in [-0.4, -0.2) is 9.97 Å². The summed E-state index contributed by atoms with van der Waals surface area (Å²) in [4.78, 5) is 10.5. The number of nitrogens with zero attached hydrogens (tertiary/aromatic N) is 2. The largest absolute Gasteiger partial charge is 0.228 e. The van der Waals surface area contributed by atoms with Gasteiger partial charge in [-0.15, -0.1) is 11.3 Å². The van der Waals surface area contributed by atoms with Crippen LogP contribution in [0.2, 0.25) is 0 Å². The first-order chi connectivity index (χ1) is 28.5. The minimum atomic E-state index is -0.0276. The van der Waals surface area contributed by atoms with Crippen molar-refractivity contribution >= 4 is 31.5 Å². The van der Waals surface area contributed by atoms with Crippen LogP contribution in [0, 0.1) is 0 Å². The van der Waals surface area contributed by atoms with E-state index in [2.05, 4.69) is 202 Å². The Kier molecular flexibility index (Phi) is 8.06. The third-order valence-corrected chi connectivity index (χ3v) is 13.0. The van der Waals surface area contributed by atoms with Gasteiger partial charge in [-0.25, -0.2) is 9.97 Å². The summed E-state index contributed by atoms with van der Waals surface area (Å²) in [6, 6.07) is 70.2. The molecule has 0 spiro atoms. The summed E-state index contributed by atoms with van der Waals surface area (Å²) in [6.07, 6.45) is 0. The van der Waals surface area contributed by atoms with E-state index < -0.39 is 0 Å². The third kappa shape index (κ3) is 5.86. The van der Waals surface area contributed by atoms with Crippen LogP contribution in [0.25, 0.3) is 98.6 Å². The van der Waals surface area contributed by atoms with E-state index in [0.717, 1.165) is 44.8 Å². The SMILES string of the molecule is CC1(C)c2ccccc2-c2cc(-c3cccc(-c4cc(-c5cc(-c6ccccc6)cc(-c6ccc7sc8ccccc8c7c6)c5)nc(-c5ccccc5)n4)c3)ccc21. The molecule has 0 saturated heterocycles. The molecule has 3 heteroatoms. The lowest BCUT2D eigenvalue weighted by atomic mass is 9.82. The second-order valence-corrected chi connectivity index (χ2v) is 16.9. The standard InChI is InChI=1S/C55H38N2S/c1-55(2)48-22-11-9-20-44(48)46-32-38(24-26-49(46)55)37-18-13-19-40(28-37)50-34-51(57-54(56-50)36-16-7-4-8-17-36)43-30-41(35-14-5-3-6-15-35)29-42(31-43)39-25-27-53-47(33-39)45-21-10-12-23-52(45)58-53/h3-34H,1-2H3. The molecule has 0 unspecified atom stereocenters. The van der Waals surface area contributed by atoms with Crippen molar-refractivity contribution in [3.8, 4) is 78.4 Å². The molecule has 0 radical (unpaired) electrons. The van der Waals surface area contributed by atoms with Crippen molar-refractivity contribution in [2.75, 3.05) is 0 Å². The van der Waals surface area contributed by atoms with Gasteiger partial charge in [-0.2, -0.15) is 0 Å². The number of benzene rings is 8. The van der Waals surface area contributed by atoms with Gasteiger partial charge < -0.3 is 0 Å². The highest BCUT2D eigenvalue weighted by molar-refractivity contribution is 7.25. The molecule has 0 amide bonds. The van der Waals surface area contributed by atoms with Gasteiger partial charge in [-0.05, 0) is 110 Å². The van der Waals surface area contributed by atoms with Crippen molar-refractivity contribution in [2.45, 2.75) is 19.3 Å². The Morgan fingerprint density at radius 2 is 0.897 bits per heavy atom. The summed E-state index contributed by atoms with van der Waals surface area (Å²) >= 11 is 1.85. The minimum Gasteiger partial charge on any atom is -0.228 e. The van der Waals surface area contributed by atoms with Gasteiger partial charge in [0.1, 0.15) is 0 Å². The molecule has 0 atom stereocenters. The Morgan fingerprint density at radius 3 is 1.72 bits per heavy atom. The van der Waals surface area contributed by atoms with Crippen LogP contribution in [-0.2, 0) is 5.41 Å². The van der Waals surface area contributed by atoms with Crippen molar-refractivity contribution in [2.24, 2.45) is 0 Å². The fourth-order valence-corrected chi connectivity index (χ4v) is 9.95. The molecular formula is C55H38N2S. The first kappa shape index (κ1) is 34.3. The van der Waals surface area contributed by atoms with E-state index in [0.29, 0.717) is 5.82 Å². The van der Waals surface area contributed by atoms with Gasteiger partial charge in [0.15, 0.2) is 5.82 Å². The highest BCUT2D eigenvalue weighted by atomic mass is 32.1. The highest BCUT2D eigenvalue weighted by Crippen LogP contribution is 2.49. The van der Waals surface area contributed by atoms with Crippen LogP contribution in [0.3, 0.4) is 0 Å². The van der Waals surface area contributed by atoms with Crippen molar-refractivity contribution in [3.05, 3.63) is 205 Å². The summed E-state index contributed by atoms with van der Waals surface area (Å²) in [5.74, 6) is 0.702. The summed E-state index contributed by atoms with van der Waals surface area (Å²) in [6.45, 7) is 4.66. The van der Waals surface area contributed by atoms with Gasteiger partial charge in [0.25, 0.3) is 0 Å². The second kappa shape index (κ2) is 13.6. The van der Waals surface area contributed by atoms with Gasteiger partial charge in [-0.3, -0.25) is 0 Å². The molecule has 11 rings (SSSR count). The Bertz CT molecular complexity index is 3190. The summed E-state index contributed by atoms with van der Waals surface area (Å²) in [5, 5.41) is 2.59. The zero-order valence-electron chi connectivity index (χ0n) is 32.3. The molecule has 1 aliphatic carbocycles. The van der Waals surface area contributed by atoms with E-state index in [1.807, 2.05) is 17.4 Å². The van der Waals surface area contributed by atoms with Crippen molar-refractivity contribution in [1.82, 2.24) is 9.97 Å². The van der Waals surface area contributed by atoms with Crippen molar-refractivity contribution in [3.63, 3.8) is 0 Å². The van der Waals surface area contributed by atoms with Crippen LogP contribution < -0.4 is 0 Å². The summed E-state index contributed by atoms with van der Waals surface area (Å²) < 4.78 is 2.61. The Labute approximate surface area is 342 Å². The van der Waals surface area contributed by atoms with E-state index in [-0.39, 0.29) is 5.41 Å². The predicted octanol–water partition coefficient (Wildman–Crippen LogP) is 15.2.